The van der Waals surface area contributed by atoms with Crippen LogP contribution in [-0.2, 0) is 18.8 Å². The van der Waals surface area contributed by atoms with Crippen molar-refractivity contribution >= 4 is 25.8 Å². The first-order chi connectivity index (χ1) is 11.0. The van der Waals surface area contributed by atoms with Crippen molar-refractivity contribution in [1.82, 2.24) is 0 Å². The van der Waals surface area contributed by atoms with Crippen molar-refractivity contribution in [2.24, 2.45) is 5.92 Å². The molecule has 1 atom stereocenters. The average Bonchev–Trinajstić information content (AvgIpc) is 2.46. The van der Waals surface area contributed by atoms with E-state index < -0.39 is 25.8 Å². The van der Waals surface area contributed by atoms with Crippen molar-refractivity contribution < 1.29 is 23.5 Å². The van der Waals surface area contributed by atoms with Gasteiger partial charge in [-0.3, -0.25) is 4.79 Å². The lowest BCUT2D eigenvalue weighted by Crippen LogP contribution is -2.40. The maximum absolute atomic E-state index is 12.1. The van der Waals surface area contributed by atoms with E-state index in [0.29, 0.717) is 0 Å². The van der Waals surface area contributed by atoms with Crippen molar-refractivity contribution in [3.8, 4) is 0 Å². The summed E-state index contributed by atoms with van der Waals surface area (Å²) < 4.78 is 10.8. The van der Waals surface area contributed by atoms with E-state index in [9.17, 15) is 9.59 Å². The van der Waals surface area contributed by atoms with Crippen molar-refractivity contribution in [1.29, 1.82) is 0 Å². The summed E-state index contributed by atoms with van der Waals surface area (Å²) in [7, 11) is -0.760. The number of methoxy groups -OCH3 is 1. The van der Waals surface area contributed by atoms with Gasteiger partial charge in [0.1, 0.15) is 0 Å². The van der Waals surface area contributed by atoms with E-state index in [4.69, 9.17) is 9.96 Å². The maximum Gasteiger partial charge on any atom is 0.441 e. The van der Waals surface area contributed by atoms with Gasteiger partial charge in [0, 0.05) is 12.8 Å². The summed E-state index contributed by atoms with van der Waals surface area (Å²) in [6.45, 7) is 10.9. The third-order valence-corrected chi connectivity index (χ3v) is 9.19. The molecule has 0 saturated heterocycles. The lowest BCUT2D eigenvalue weighted by atomic mass is 9.89. The first-order valence-corrected chi connectivity index (χ1v) is 11.2. The Morgan fingerprint density at radius 1 is 1.38 bits per heavy atom. The van der Waals surface area contributed by atoms with Crippen LogP contribution in [0.3, 0.4) is 0 Å². The molecule has 1 aliphatic carbocycles. The average molecular weight is 353 g/mol. The molecule has 24 heavy (non-hydrogen) atoms. The Hall–Kier alpha value is -1.72. The predicted molar refractivity (Wildman–Crippen MR) is 94.0 cm³/mol. The largest absolute Gasteiger partial charge is 0.547 e. The molecule has 0 aromatic rings. The zero-order valence-corrected chi connectivity index (χ0v) is 16.5. The van der Waals surface area contributed by atoms with Gasteiger partial charge in [-0.2, -0.15) is 4.79 Å². The molecule has 1 rings (SSSR count). The molecule has 0 N–H and O–H groups in total. The first-order valence-electron chi connectivity index (χ1n) is 8.25. The van der Waals surface area contributed by atoms with Gasteiger partial charge in [0.2, 0.25) is 8.32 Å². The van der Waals surface area contributed by atoms with Gasteiger partial charge in [0.15, 0.2) is 0 Å². The molecular formula is C17H28N2O4Si. The minimum atomic E-state index is -1.91. The molecule has 0 fully saturated rings. The number of hydrogen-bond donors (Lipinski definition) is 0. The first kappa shape index (κ1) is 20.3. The SMILES string of the molecule is COC(=O)C(=[N+]=[N-])C(=O)CC1C=C(O[Si](C)(C)C(C)(C)C)CCC1. The van der Waals surface area contributed by atoms with Crippen LogP contribution in [0.2, 0.25) is 18.1 Å². The summed E-state index contributed by atoms with van der Waals surface area (Å²) in [5, 5.41) is 0.109. The van der Waals surface area contributed by atoms with Crippen LogP contribution in [0.5, 0.6) is 0 Å². The number of ketones is 1. The van der Waals surface area contributed by atoms with E-state index in [0.717, 1.165) is 32.1 Å². The van der Waals surface area contributed by atoms with Crippen LogP contribution < -0.4 is 0 Å². The molecule has 0 aromatic carbocycles. The summed E-state index contributed by atoms with van der Waals surface area (Å²) in [6.07, 6.45) is 4.75. The highest BCUT2D eigenvalue weighted by atomic mass is 28.4. The van der Waals surface area contributed by atoms with E-state index in [1.807, 2.05) is 6.08 Å². The van der Waals surface area contributed by atoms with E-state index in [-0.39, 0.29) is 17.4 Å². The summed E-state index contributed by atoms with van der Waals surface area (Å²) in [5.74, 6) is -0.516. The highest BCUT2D eigenvalue weighted by molar-refractivity contribution is 6.74. The number of nitrogens with zero attached hydrogens (tertiary/aromatic N) is 2. The van der Waals surface area contributed by atoms with Crippen LogP contribution in [-0.4, -0.2) is 37.7 Å². The van der Waals surface area contributed by atoms with E-state index in [1.54, 1.807) is 0 Å². The molecule has 0 aliphatic heterocycles. The summed E-state index contributed by atoms with van der Waals surface area (Å²) in [6, 6.07) is 0. The second-order valence-electron chi connectivity index (χ2n) is 7.72. The fourth-order valence-corrected chi connectivity index (χ4v) is 3.47. The molecule has 0 heterocycles. The van der Waals surface area contributed by atoms with Gasteiger partial charge in [-0.1, -0.05) is 20.8 Å². The van der Waals surface area contributed by atoms with Gasteiger partial charge in [0.05, 0.1) is 12.9 Å². The Balaban J connectivity index is 2.83. The number of carbonyl (C=O) groups excluding carboxylic acids is 2. The normalized spacial score (nSPS) is 18.2. The quantitative estimate of drug-likeness (QED) is 0.183. The van der Waals surface area contributed by atoms with Gasteiger partial charge in [-0.15, -0.1) is 0 Å². The zero-order valence-electron chi connectivity index (χ0n) is 15.5. The van der Waals surface area contributed by atoms with Gasteiger partial charge < -0.3 is 14.7 Å². The van der Waals surface area contributed by atoms with Gasteiger partial charge in [-0.25, -0.2) is 4.79 Å². The third kappa shape index (κ3) is 5.14. The van der Waals surface area contributed by atoms with Gasteiger partial charge in [0.25, 0.3) is 5.78 Å². The fourth-order valence-electron chi connectivity index (χ4n) is 2.34. The molecule has 0 aromatic heterocycles. The number of Topliss-reactive ketones (excluding diaryl/α,β-unsaturated/α-hetero) is 1. The monoisotopic (exact) mass is 352 g/mol. The molecular weight excluding hydrogens is 324 g/mol. The number of esters is 1. The second-order valence-corrected chi connectivity index (χ2v) is 12.4. The smallest absolute Gasteiger partial charge is 0.441 e. The van der Waals surface area contributed by atoms with Crippen molar-refractivity contribution in [3.05, 3.63) is 17.4 Å². The summed E-state index contributed by atoms with van der Waals surface area (Å²) in [5.41, 5.74) is 8.30. The molecule has 0 spiro atoms. The van der Waals surface area contributed by atoms with Crippen molar-refractivity contribution in [3.63, 3.8) is 0 Å². The van der Waals surface area contributed by atoms with Crippen LogP contribution >= 0.6 is 0 Å². The summed E-state index contributed by atoms with van der Waals surface area (Å²) in [4.78, 5) is 26.3. The molecule has 0 bridgehead atoms. The Morgan fingerprint density at radius 2 is 2.00 bits per heavy atom. The molecule has 7 heteroatoms. The number of allylic oxidation sites excluding steroid dienone is 2. The minimum Gasteiger partial charge on any atom is -0.547 e. The van der Waals surface area contributed by atoms with Crippen LogP contribution in [0, 0.1) is 5.92 Å². The van der Waals surface area contributed by atoms with Crippen LogP contribution in [0.4, 0.5) is 0 Å². The molecule has 1 aliphatic rings. The summed E-state index contributed by atoms with van der Waals surface area (Å²) >= 11 is 0. The fraction of sp³-hybridized carbons (Fsp3) is 0.706. The number of rotatable bonds is 6. The van der Waals surface area contributed by atoms with E-state index in [2.05, 4.69) is 43.4 Å². The van der Waals surface area contributed by atoms with E-state index >= 15 is 0 Å². The minimum absolute atomic E-state index is 0.0209. The van der Waals surface area contributed by atoms with Crippen molar-refractivity contribution in [2.75, 3.05) is 7.11 Å². The highest BCUT2D eigenvalue weighted by Crippen LogP contribution is 2.39. The number of ether oxygens (including phenoxy) is 1. The van der Waals surface area contributed by atoms with Gasteiger partial charge >= 0.3 is 11.7 Å². The Kier molecular flexibility index (Phi) is 6.69. The molecule has 0 radical (unpaired) electrons. The Labute approximate surface area is 145 Å². The van der Waals surface area contributed by atoms with E-state index in [1.165, 1.54) is 0 Å². The molecule has 6 nitrogen and oxygen atoms in total. The molecule has 134 valence electrons. The highest BCUT2D eigenvalue weighted by Gasteiger charge is 2.40. The van der Waals surface area contributed by atoms with Crippen LogP contribution in [0.25, 0.3) is 5.53 Å². The zero-order chi connectivity index (χ0) is 18.5. The second kappa shape index (κ2) is 7.90. The Morgan fingerprint density at radius 3 is 2.50 bits per heavy atom. The number of hydrogen-bond acceptors (Lipinski definition) is 4. The molecule has 0 amide bonds. The number of carbonyl (C=O) groups is 2. The van der Waals surface area contributed by atoms with Crippen LogP contribution in [0.15, 0.2) is 11.8 Å². The van der Waals surface area contributed by atoms with Crippen LogP contribution in [0.1, 0.15) is 46.5 Å². The maximum atomic E-state index is 12.1. The predicted octanol–water partition coefficient (Wildman–Crippen LogP) is 3.50. The Bertz CT molecular complexity index is 584. The van der Waals surface area contributed by atoms with Crippen molar-refractivity contribution in [2.45, 2.75) is 64.6 Å². The molecule has 0 saturated carbocycles. The lowest BCUT2D eigenvalue weighted by molar-refractivity contribution is -0.139. The third-order valence-electron chi connectivity index (χ3n) is 4.80. The van der Waals surface area contributed by atoms with Gasteiger partial charge in [-0.05, 0) is 43.0 Å². The standard InChI is InChI=1S/C17H28N2O4Si/c1-17(2,3)24(5,6)23-13-9-7-8-12(10-13)11-14(20)15(19-18)16(21)22-4/h10,12H,7-9,11H2,1-6H3. The lowest BCUT2D eigenvalue weighted by Gasteiger charge is -2.38. The molecule has 1 unspecified atom stereocenters. The topological polar surface area (TPSA) is 89.0 Å².